The molecule has 1 fully saturated rings. The number of phenols is 3. The van der Waals surface area contributed by atoms with Gasteiger partial charge in [-0.05, 0) is 71.5 Å². The van der Waals surface area contributed by atoms with Gasteiger partial charge in [0.15, 0.2) is 23.0 Å². The van der Waals surface area contributed by atoms with Crippen molar-refractivity contribution in [2.75, 3.05) is 27.4 Å². The van der Waals surface area contributed by atoms with Gasteiger partial charge in [-0.15, -0.1) is 0 Å². The summed E-state index contributed by atoms with van der Waals surface area (Å²) in [7, 11) is 2.98. The summed E-state index contributed by atoms with van der Waals surface area (Å²) < 4.78 is 22.3. The zero-order valence-corrected chi connectivity index (χ0v) is 20.7. The molecule has 1 saturated heterocycles. The van der Waals surface area contributed by atoms with Crippen molar-refractivity contribution in [1.29, 1.82) is 0 Å². The molecule has 1 aliphatic rings. The highest BCUT2D eigenvalue weighted by atomic mass is 16.5. The molecule has 0 amide bonds. The monoisotopic (exact) mass is 506 g/mol. The van der Waals surface area contributed by atoms with Gasteiger partial charge in [-0.25, -0.2) is 4.79 Å². The number of methoxy groups -OCH3 is 2. The number of carbonyl (C=O) groups excluding carboxylic acids is 1. The highest BCUT2D eigenvalue weighted by molar-refractivity contribution is 5.87. The molecule has 3 aromatic rings. The van der Waals surface area contributed by atoms with Gasteiger partial charge in [0.1, 0.15) is 5.75 Å². The normalized spacial score (nSPS) is 19.1. The summed E-state index contributed by atoms with van der Waals surface area (Å²) in [6.07, 6.45) is 3.21. The number of aromatic hydroxyl groups is 3. The molecule has 0 saturated carbocycles. The molecule has 0 aromatic heterocycles. The van der Waals surface area contributed by atoms with E-state index in [1.54, 1.807) is 60.7 Å². The topological polar surface area (TPSA) is 115 Å². The molecule has 3 aromatic carbocycles. The highest BCUT2D eigenvalue weighted by Gasteiger charge is 2.39. The second kappa shape index (κ2) is 11.7. The lowest BCUT2D eigenvalue weighted by molar-refractivity contribution is -0.139. The van der Waals surface area contributed by atoms with Crippen LogP contribution in [0.25, 0.3) is 6.08 Å². The predicted molar refractivity (Wildman–Crippen MR) is 137 cm³/mol. The fourth-order valence-electron chi connectivity index (χ4n) is 4.50. The van der Waals surface area contributed by atoms with Crippen LogP contribution in [0.4, 0.5) is 0 Å². The molecule has 1 aliphatic heterocycles. The number of hydrogen-bond donors (Lipinski definition) is 3. The van der Waals surface area contributed by atoms with Gasteiger partial charge in [-0.1, -0.05) is 24.3 Å². The first-order valence-electron chi connectivity index (χ1n) is 11.9. The van der Waals surface area contributed by atoms with Crippen LogP contribution in [0.15, 0.2) is 66.7 Å². The van der Waals surface area contributed by atoms with Crippen LogP contribution >= 0.6 is 0 Å². The predicted octanol–water partition coefficient (Wildman–Crippen LogP) is 4.62. The third-order valence-electron chi connectivity index (χ3n) is 6.48. The quantitative estimate of drug-likeness (QED) is 0.284. The fourth-order valence-corrected chi connectivity index (χ4v) is 4.50. The Bertz CT molecular complexity index is 1250. The van der Waals surface area contributed by atoms with Crippen LogP contribution in [0.1, 0.15) is 22.8 Å². The molecule has 0 radical (unpaired) electrons. The van der Waals surface area contributed by atoms with Gasteiger partial charge in [-0.2, -0.15) is 0 Å². The number of rotatable bonds is 9. The van der Waals surface area contributed by atoms with Gasteiger partial charge in [0.05, 0.1) is 33.5 Å². The maximum Gasteiger partial charge on any atom is 0.330 e. The van der Waals surface area contributed by atoms with Crippen LogP contribution in [0.5, 0.6) is 28.7 Å². The molecular weight excluding hydrogens is 476 g/mol. The summed E-state index contributed by atoms with van der Waals surface area (Å²) in [5, 5.41) is 29.4. The maximum absolute atomic E-state index is 12.5. The molecule has 3 atom stereocenters. The van der Waals surface area contributed by atoms with Crippen LogP contribution in [-0.2, 0) is 20.7 Å². The average molecular weight is 507 g/mol. The lowest BCUT2D eigenvalue weighted by Gasteiger charge is -2.23. The zero-order chi connectivity index (χ0) is 26.4. The van der Waals surface area contributed by atoms with Crippen LogP contribution in [0.2, 0.25) is 0 Å². The summed E-state index contributed by atoms with van der Waals surface area (Å²) in [4.78, 5) is 12.5. The lowest BCUT2D eigenvalue weighted by atomic mass is 9.84. The van der Waals surface area contributed by atoms with E-state index in [0.717, 1.165) is 16.7 Å². The number of benzene rings is 3. The Morgan fingerprint density at radius 2 is 1.62 bits per heavy atom. The van der Waals surface area contributed by atoms with Gasteiger partial charge >= 0.3 is 5.97 Å². The van der Waals surface area contributed by atoms with Crippen LogP contribution in [-0.4, -0.2) is 48.7 Å². The Kier molecular flexibility index (Phi) is 8.20. The summed E-state index contributed by atoms with van der Waals surface area (Å²) >= 11 is 0. The van der Waals surface area contributed by atoms with E-state index in [4.69, 9.17) is 18.9 Å². The number of hydrogen-bond acceptors (Lipinski definition) is 8. The van der Waals surface area contributed by atoms with Crippen molar-refractivity contribution in [2.24, 2.45) is 11.8 Å². The second-order valence-corrected chi connectivity index (χ2v) is 8.87. The van der Waals surface area contributed by atoms with Gasteiger partial charge in [0.25, 0.3) is 0 Å². The molecule has 1 heterocycles. The minimum absolute atomic E-state index is 0.00734. The van der Waals surface area contributed by atoms with E-state index in [-0.39, 0.29) is 41.8 Å². The maximum atomic E-state index is 12.5. The molecule has 37 heavy (non-hydrogen) atoms. The van der Waals surface area contributed by atoms with E-state index < -0.39 is 5.97 Å². The van der Waals surface area contributed by atoms with Crippen molar-refractivity contribution in [1.82, 2.24) is 0 Å². The molecule has 0 bridgehead atoms. The fraction of sp³-hybridized carbons (Fsp3) is 0.276. The molecule has 8 heteroatoms. The molecule has 3 N–H and O–H groups in total. The van der Waals surface area contributed by atoms with E-state index in [2.05, 4.69) is 0 Å². The standard InChI is InChI=1S/C29H30O8/c1-34-26-14-19(5-10-24(26)31)13-21-16-37-29(20-7-11-25(32)27(15-20)35-2)23(21)17-36-28(33)12-6-18-3-8-22(30)9-4-18/h3-12,14-15,21,23,29-32H,13,16-17H2,1-2H3/t21-,23-,29-/m1/s1. The summed E-state index contributed by atoms with van der Waals surface area (Å²) in [5.74, 6) is 0.294. The Hall–Kier alpha value is -4.17. The Morgan fingerprint density at radius 3 is 2.32 bits per heavy atom. The minimum atomic E-state index is -0.493. The molecule has 4 rings (SSSR count). The van der Waals surface area contributed by atoms with Crippen molar-refractivity contribution in [3.63, 3.8) is 0 Å². The number of ether oxygens (including phenoxy) is 4. The Morgan fingerprint density at radius 1 is 0.946 bits per heavy atom. The molecule has 8 nitrogen and oxygen atoms in total. The van der Waals surface area contributed by atoms with Crippen LogP contribution in [0.3, 0.4) is 0 Å². The molecule has 0 unspecified atom stereocenters. The smallest absolute Gasteiger partial charge is 0.330 e. The first-order chi connectivity index (χ1) is 17.9. The first kappa shape index (κ1) is 25.9. The van der Waals surface area contributed by atoms with Crippen molar-refractivity contribution in [2.45, 2.75) is 12.5 Å². The molecule has 0 aliphatic carbocycles. The zero-order valence-electron chi connectivity index (χ0n) is 20.7. The number of carbonyl (C=O) groups is 1. The third kappa shape index (κ3) is 6.34. The minimum Gasteiger partial charge on any atom is -0.508 e. The largest absolute Gasteiger partial charge is 0.508 e. The lowest BCUT2D eigenvalue weighted by Crippen LogP contribution is -2.24. The van der Waals surface area contributed by atoms with E-state index in [0.29, 0.717) is 24.5 Å². The molecule has 0 spiro atoms. The highest BCUT2D eigenvalue weighted by Crippen LogP contribution is 2.43. The first-order valence-corrected chi connectivity index (χ1v) is 11.9. The van der Waals surface area contributed by atoms with E-state index in [9.17, 15) is 20.1 Å². The van der Waals surface area contributed by atoms with Crippen LogP contribution in [0, 0.1) is 11.8 Å². The SMILES string of the molecule is COc1cc(C[C@@H]2CO[C@H](c3ccc(O)c(OC)c3)[C@@H]2COC(=O)C=Cc2ccc(O)cc2)ccc1O. The van der Waals surface area contributed by atoms with E-state index in [1.807, 2.05) is 6.07 Å². The molecule has 194 valence electrons. The molecular formula is C29H30O8. The van der Waals surface area contributed by atoms with Crippen molar-refractivity contribution >= 4 is 12.0 Å². The van der Waals surface area contributed by atoms with E-state index in [1.165, 1.54) is 20.3 Å². The second-order valence-electron chi connectivity index (χ2n) is 8.87. The average Bonchev–Trinajstić information content (AvgIpc) is 3.30. The van der Waals surface area contributed by atoms with Gasteiger partial charge in [0.2, 0.25) is 0 Å². The van der Waals surface area contributed by atoms with Gasteiger partial charge < -0.3 is 34.3 Å². The summed E-state index contributed by atoms with van der Waals surface area (Å²) in [6, 6.07) is 16.7. The van der Waals surface area contributed by atoms with Crippen LogP contribution < -0.4 is 9.47 Å². The number of phenolic OH excluding ortho intramolecular Hbond substituents is 3. The Labute approximate surface area is 215 Å². The van der Waals surface area contributed by atoms with E-state index >= 15 is 0 Å². The third-order valence-corrected chi connectivity index (χ3v) is 6.48. The Balaban J connectivity index is 1.52. The van der Waals surface area contributed by atoms with Gasteiger partial charge in [-0.3, -0.25) is 0 Å². The van der Waals surface area contributed by atoms with Crippen molar-refractivity contribution in [3.8, 4) is 28.7 Å². The summed E-state index contributed by atoms with van der Waals surface area (Å²) in [6.45, 7) is 0.551. The van der Waals surface area contributed by atoms with Gasteiger partial charge in [0, 0.05) is 12.0 Å². The summed E-state index contributed by atoms with van der Waals surface area (Å²) in [5.41, 5.74) is 2.52. The number of esters is 1. The van der Waals surface area contributed by atoms with Crippen molar-refractivity contribution < 1.29 is 39.1 Å². The van der Waals surface area contributed by atoms with Crippen molar-refractivity contribution in [3.05, 3.63) is 83.4 Å².